The highest BCUT2D eigenvalue weighted by Crippen LogP contribution is 2.33. The molecule has 7 nitrogen and oxygen atoms in total. The van der Waals surface area contributed by atoms with Gasteiger partial charge in [0.25, 0.3) is 0 Å². The lowest BCUT2D eigenvalue weighted by Crippen LogP contribution is -2.49. The molecule has 3 N–H and O–H groups in total. The van der Waals surface area contributed by atoms with Crippen LogP contribution in [-0.4, -0.2) is 36.3 Å². The van der Waals surface area contributed by atoms with Crippen molar-refractivity contribution in [3.05, 3.63) is 42.0 Å². The smallest absolute Gasteiger partial charge is 0.244 e. The lowest BCUT2D eigenvalue weighted by molar-refractivity contribution is -0.128. The summed E-state index contributed by atoms with van der Waals surface area (Å²) in [5.41, 5.74) is 0.894. The molecule has 3 atom stereocenters. The zero-order chi connectivity index (χ0) is 20.6. The second-order valence-corrected chi connectivity index (χ2v) is 7.69. The molecule has 2 aliphatic rings. The molecule has 1 saturated heterocycles. The second kappa shape index (κ2) is 9.87. The fraction of sp³-hybridized carbons (Fsp3) is 0.455. The molecule has 152 valence electrons. The van der Waals surface area contributed by atoms with Crippen LogP contribution in [0, 0.1) is 23.2 Å². The Kier molecular flexibility index (Phi) is 7.01. The van der Waals surface area contributed by atoms with Crippen LogP contribution in [0.1, 0.15) is 37.7 Å². The third-order valence-electron chi connectivity index (χ3n) is 5.28. The first-order valence-electron chi connectivity index (χ1n) is 10.1. The molecule has 1 aliphatic heterocycles. The number of carbonyl (C=O) groups is 3. The van der Waals surface area contributed by atoms with E-state index in [0.29, 0.717) is 25.3 Å². The number of carbonyl (C=O) groups excluding carboxylic acids is 3. The van der Waals surface area contributed by atoms with Crippen molar-refractivity contribution in [1.82, 2.24) is 16.0 Å². The molecule has 3 amide bonds. The molecular weight excluding hydrogens is 368 g/mol. The molecule has 29 heavy (non-hydrogen) atoms. The van der Waals surface area contributed by atoms with Gasteiger partial charge in [-0.15, -0.1) is 0 Å². The van der Waals surface area contributed by atoms with Crippen LogP contribution in [0.15, 0.2) is 36.4 Å². The van der Waals surface area contributed by atoms with Gasteiger partial charge in [-0.2, -0.15) is 5.26 Å². The molecule has 1 aliphatic carbocycles. The third kappa shape index (κ3) is 6.46. The van der Waals surface area contributed by atoms with Crippen molar-refractivity contribution in [3.8, 4) is 6.07 Å². The number of benzene rings is 1. The van der Waals surface area contributed by atoms with E-state index in [9.17, 15) is 19.6 Å². The van der Waals surface area contributed by atoms with E-state index in [1.165, 1.54) is 6.08 Å². The van der Waals surface area contributed by atoms with Gasteiger partial charge < -0.3 is 16.0 Å². The van der Waals surface area contributed by atoms with Crippen LogP contribution in [0.25, 0.3) is 6.08 Å². The van der Waals surface area contributed by atoms with Crippen LogP contribution in [-0.2, 0) is 14.4 Å². The fourth-order valence-electron chi connectivity index (χ4n) is 3.44. The Morgan fingerprint density at radius 2 is 1.93 bits per heavy atom. The number of nitrogens with zero attached hydrogens (tertiary/aromatic N) is 1. The maximum absolute atomic E-state index is 12.7. The highest BCUT2D eigenvalue weighted by Gasteiger charge is 2.32. The maximum atomic E-state index is 12.7. The first-order chi connectivity index (χ1) is 14.0. The summed E-state index contributed by atoms with van der Waals surface area (Å²) in [6.07, 6.45) is 6.70. The summed E-state index contributed by atoms with van der Waals surface area (Å²) < 4.78 is 0. The van der Waals surface area contributed by atoms with Gasteiger partial charge in [0, 0.05) is 18.5 Å². The van der Waals surface area contributed by atoms with Crippen molar-refractivity contribution >= 4 is 23.8 Å². The van der Waals surface area contributed by atoms with Crippen LogP contribution in [0.5, 0.6) is 0 Å². The van der Waals surface area contributed by atoms with Crippen LogP contribution in [0.2, 0.25) is 0 Å². The van der Waals surface area contributed by atoms with Crippen molar-refractivity contribution in [3.63, 3.8) is 0 Å². The highest BCUT2D eigenvalue weighted by atomic mass is 16.2. The summed E-state index contributed by atoms with van der Waals surface area (Å²) in [7, 11) is 0. The van der Waals surface area contributed by atoms with E-state index in [1.807, 2.05) is 30.3 Å². The average molecular weight is 394 g/mol. The summed E-state index contributed by atoms with van der Waals surface area (Å²) in [5.74, 6) is -0.634. The van der Waals surface area contributed by atoms with Crippen molar-refractivity contribution < 1.29 is 14.4 Å². The van der Waals surface area contributed by atoms with Crippen molar-refractivity contribution in [2.24, 2.45) is 11.8 Å². The van der Waals surface area contributed by atoms with Crippen LogP contribution >= 0.6 is 0 Å². The number of rotatable bonds is 9. The van der Waals surface area contributed by atoms with E-state index in [1.54, 1.807) is 6.08 Å². The number of hydrogen-bond donors (Lipinski definition) is 3. The van der Waals surface area contributed by atoms with Crippen LogP contribution in [0.3, 0.4) is 0 Å². The van der Waals surface area contributed by atoms with Crippen LogP contribution < -0.4 is 16.0 Å². The zero-order valence-electron chi connectivity index (χ0n) is 16.3. The number of amides is 3. The minimum absolute atomic E-state index is 0.0756. The topological polar surface area (TPSA) is 111 Å². The summed E-state index contributed by atoms with van der Waals surface area (Å²) in [6, 6.07) is 10.0. The molecule has 0 unspecified atom stereocenters. The zero-order valence-corrected chi connectivity index (χ0v) is 16.3. The largest absolute Gasteiger partial charge is 0.356 e. The average Bonchev–Trinajstić information content (AvgIpc) is 3.46. The Hall–Kier alpha value is -3.14. The predicted octanol–water partition coefficient (Wildman–Crippen LogP) is 1.52. The third-order valence-corrected chi connectivity index (χ3v) is 5.28. The number of nitriles is 1. The number of nitrogens with one attached hydrogen (secondary N) is 3. The summed E-state index contributed by atoms with van der Waals surface area (Å²) in [4.78, 5) is 36.8. The van der Waals surface area contributed by atoms with Gasteiger partial charge in [0.1, 0.15) is 12.1 Å². The van der Waals surface area contributed by atoms with Gasteiger partial charge >= 0.3 is 0 Å². The lowest BCUT2D eigenvalue weighted by Gasteiger charge is -2.20. The van der Waals surface area contributed by atoms with Gasteiger partial charge in [-0.3, -0.25) is 14.4 Å². The molecule has 7 heteroatoms. The van der Waals surface area contributed by atoms with Gasteiger partial charge in [-0.1, -0.05) is 43.2 Å². The second-order valence-electron chi connectivity index (χ2n) is 7.69. The summed E-state index contributed by atoms with van der Waals surface area (Å²) >= 11 is 0. The Morgan fingerprint density at radius 3 is 2.55 bits per heavy atom. The first kappa shape index (κ1) is 20.6. The van der Waals surface area contributed by atoms with Gasteiger partial charge in [0.2, 0.25) is 17.7 Å². The minimum Gasteiger partial charge on any atom is -0.356 e. The van der Waals surface area contributed by atoms with E-state index in [4.69, 9.17) is 0 Å². The van der Waals surface area contributed by atoms with Crippen molar-refractivity contribution in [2.45, 2.75) is 44.2 Å². The molecule has 1 aromatic carbocycles. The summed E-state index contributed by atoms with van der Waals surface area (Å²) in [5, 5.41) is 17.6. The minimum atomic E-state index is -0.755. The van der Waals surface area contributed by atoms with Crippen molar-refractivity contribution in [1.29, 1.82) is 5.26 Å². The first-order valence-corrected chi connectivity index (χ1v) is 10.1. The van der Waals surface area contributed by atoms with Crippen LogP contribution in [0.4, 0.5) is 0 Å². The Balaban J connectivity index is 1.57. The summed E-state index contributed by atoms with van der Waals surface area (Å²) in [6.45, 7) is 0.601. The van der Waals surface area contributed by atoms with E-state index < -0.39 is 12.1 Å². The SMILES string of the molecule is N#C[C@H](C[C@@H]1CCNC1=O)NC(=O)[C@H](CC1CC1)NC(=O)/C=C/c1ccccc1. The van der Waals surface area contributed by atoms with Gasteiger partial charge in [-0.05, 0) is 36.8 Å². The molecule has 3 rings (SSSR count). The van der Waals surface area contributed by atoms with E-state index in [-0.39, 0.29) is 30.1 Å². The standard InChI is InChI=1S/C22H26N4O3/c23-14-18(13-17-10-11-24-21(17)28)25-22(29)19(12-16-6-7-16)26-20(27)9-8-15-4-2-1-3-5-15/h1-5,8-9,16-19H,6-7,10-13H2,(H,24,28)(H,25,29)(H,26,27)/b9-8+/t17-,18-,19-/m0/s1. The monoisotopic (exact) mass is 394 g/mol. The molecule has 0 spiro atoms. The number of hydrogen-bond acceptors (Lipinski definition) is 4. The Labute approximate surface area is 170 Å². The predicted molar refractivity (Wildman–Crippen MR) is 108 cm³/mol. The molecule has 0 aromatic heterocycles. The molecule has 1 aromatic rings. The van der Waals surface area contributed by atoms with Crippen molar-refractivity contribution in [2.75, 3.05) is 6.54 Å². The Morgan fingerprint density at radius 1 is 1.17 bits per heavy atom. The molecule has 2 fully saturated rings. The van der Waals surface area contributed by atoms with E-state index >= 15 is 0 Å². The lowest BCUT2D eigenvalue weighted by atomic mass is 9.98. The van der Waals surface area contributed by atoms with Gasteiger partial charge in [0.05, 0.1) is 6.07 Å². The van der Waals surface area contributed by atoms with E-state index in [0.717, 1.165) is 18.4 Å². The van der Waals surface area contributed by atoms with Gasteiger partial charge in [-0.25, -0.2) is 0 Å². The quantitative estimate of drug-likeness (QED) is 0.551. The van der Waals surface area contributed by atoms with E-state index in [2.05, 4.69) is 22.0 Å². The Bertz CT molecular complexity index is 811. The molecule has 0 bridgehead atoms. The molecule has 1 saturated carbocycles. The normalized spacial score (nSPS) is 20.5. The highest BCUT2D eigenvalue weighted by molar-refractivity contribution is 5.95. The molecule has 0 radical (unpaired) electrons. The maximum Gasteiger partial charge on any atom is 0.244 e. The molecular formula is C22H26N4O3. The van der Waals surface area contributed by atoms with Gasteiger partial charge in [0.15, 0.2) is 0 Å². The molecule has 1 heterocycles. The fourth-order valence-corrected chi connectivity index (χ4v) is 3.44.